The molecule has 1 fully saturated rings. The third kappa shape index (κ3) is 7.47. The lowest BCUT2D eigenvalue weighted by Gasteiger charge is -2.31. The van der Waals surface area contributed by atoms with Gasteiger partial charge in [-0.3, -0.25) is 19.3 Å². The molecule has 11 nitrogen and oxygen atoms in total. The maximum Gasteiger partial charge on any atom is 0.405 e. The average molecular weight is 659 g/mol. The first kappa shape index (κ1) is 33.0. The molecule has 3 atom stereocenters. The molecule has 11 heteroatoms. The molecule has 0 saturated carbocycles. The predicted octanol–water partition coefficient (Wildman–Crippen LogP) is 5.84. The van der Waals surface area contributed by atoms with Crippen molar-refractivity contribution in [2.45, 2.75) is 31.0 Å². The Bertz CT molecular complexity index is 1960. The van der Waals surface area contributed by atoms with Gasteiger partial charge >= 0.3 is 6.09 Å². The molecule has 0 unspecified atom stereocenters. The number of ether oxygens (including phenoxy) is 1. The Balaban J connectivity index is 1.12. The number of rotatable bonds is 10. The Morgan fingerprint density at radius 2 is 1.49 bits per heavy atom. The van der Waals surface area contributed by atoms with Crippen molar-refractivity contribution < 1.29 is 23.9 Å². The molecule has 6 rings (SSSR count). The smallest absolute Gasteiger partial charge is 0.405 e. The fourth-order valence-corrected chi connectivity index (χ4v) is 6.31. The van der Waals surface area contributed by atoms with Gasteiger partial charge in [0, 0.05) is 40.1 Å². The lowest BCUT2D eigenvalue weighted by atomic mass is 10.0. The lowest BCUT2D eigenvalue weighted by Crippen LogP contribution is -2.47. The van der Waals surface area contributed by atoms with Crippen LogP contribution in [0.2, 0.25) is 0 Å². The first-order valence-electron chi connectivity index (χ1n) is 16.1. The van der Waals surface area contributed by atoms with Crippen LogP contribution in [-0.4, -0.2) is 65.3 Å². The largest absolute Gasteiger partial charge is 0.431 e. The summed E-state index contributed by atoms with van der Waals surface area (Å²) in [5, 5.41) is 6.72. The van der Waals surface area contributed by atoms with Crippen molar-refractivity contribution in [1.82, 2.24) is 14.8 Å². The van der Waals surface area contributed by atoms with Crippen LogP contribution in [0.3, 0.4) is 0 Å². The molecular weight excluding hydrogens is 620 g/mol. The van der Waals surface area contributed by atoms with Crippen molar-refractivity contribution in [3.8, 4) is 11.3 Å². The number of aromatic amines is 1. The van der Waals surface area contributed by atoms with Gasteiger partial charge in [-0.2, -0.15) is 0 Å². The lowest BCUT2D eigenvalue weighted by molar-refractivity contribution is -0.140. The van der Waals surface area contributed by atoms with E-state index >= 15 is 0 Å². The molecule has 4 aromatic carbocycles. The summed E-state index contributed by atoms with van der Waals surface area (Å²) >= 11 is 0. The molecule has 1 aliphatic rings. The Morgan fingerprint density at radius 3 is 2.14 bits per heavy atom. The Morgan fingerprint density at radius 1 is 0.837 bits per heavy atom. The van der Waals surface area contributed by atoms with Crippen LogP contribution in [0.4, 0.5) is 16.2 Å². The molecule has 49 heavy (non-hydrogen) atoms. The molecule has 250 valence electrons. The van der Waals surface area contributed by atoms with Gasteiger partial charge in [0.05, 0.1) is 0 Å². The van der Waals surface area contributed by atoms with Crippen LogP contribution in [0.25, 0.3) is 22.2 Å². The zero-order valence-electron chi connectivity index (χ0n) is 27.3. The number of nitrogens with one attached hydrogen (secondary N) is 3. The van der Waals surface area contributed by atoms with Crippen molar-refractivity contribution in [1.29, 1.82) is 0 Å². The van der Waals surface area contributed by atoms with E-state index in [1.807, 2.05) is 85.7 Å². The van der Waals surface area contributed by atoms with E-state index in [0.717, 1.165) is 34.1 Å². The summed E-state index contributed by atoms with van der Waals surface area (Å²) in [4.78, 5) is 58.7. The molecule has 1 saturated heterocycles. The number of amides is 4. The molecule has 0 radical (unpaired) electrons. The predicted molar refractivity (Wildman–Crippen MR) is 188 cm³/mol. The minimum atomic E-state index is -1.19. The number of H-pyrrole nitrogens is 1. The minimum Gasteiger partial charge on any atom is -0.431 e. The number of anilines is 2. The zero-order valence-corrected chi connectivity index (χ0v) is 27.3. The molecule has 1 aromatic heterocycles. The second-order valence-corrected chi connectivity index (χ2v) is 12.2. The van der Waals surface area contributed by atoms with E-state index in [0.29, 0.717) is 29.9 Å². The maximum atomic E-state index is 13.7. The van der Waals surface area contributed by atoms with Crippen LogP contribution >= 0.6 is 0 Å². The fraction of sp³-hybridized carbons (Fsp3) is 0.211. The summed E-state index contributed by atoms with van der Waals surface area (Å²) < 4.78 is 5.09. The van der Waals surface area contributed by atoms with Crippen LogP contribution in [-0.2, 0) is 19.1 Å². The number of likely N-dealkylation sites (tertiary alicyclic amines) is 1. The van der Waals surface area contributed by atoms with Gasteiger partial charge < -0.3 is 31.0 Å². The SMILES string of the molecule is CN(C)[C@@H](C(=O)N1CCC[C@@H]1C(=O)Nc1ccc2[nH]c(-c3ccc(NC(=O)[C@@H](OC(N)=O)c4ccccc4)cc3)cc2c1)c1ccccc1. The number of carbonyl (C=O) groups excluding carboxylic acids is 4. The highest BCUT2D eigenvalue weighted by Gasteiger charge is 2.38. The number of aromatic nitrogens is 1. The van der Waals surface area contributed by atoms with Crippen LogP contribution in [0.15, 0.2) is 109 Å². The average Bonchev–Trinajstić information content (AvgIpc) is 3.76. The van der Waals surface area contributed by atoms with Crippen molar-refractivity contribution >= 4 is 46.1 Å². The van der Waals surface area contributed by atoms with Gasteiger partial charge in [0.2, 0.25) is 17.9 Å². The highest BCUT2D eigenvalue weighted by molar-refractivity contribution is 6.00. The third-order valence-corrected chi connectivity index (χ3v) is 8.63. The van der Waals surface area contributed by atoms with Gasteiger partial charge in [-0.05, 0) is 74.5 Å². The van der Waals surface area contributed by atoms with E-state index in [-0.39, 0.29) is 11.8 Å². The van der Waals surface area contributed by atoms with Crippen molar-refractivity contribution in [3.63, 3.8) is 0 Å². The van der Waals surface area contributed by atoms with E-state index < -0.39 is 30.2 Å². The minimum absolute atomic E-state index is 0.0832. The van der Waals surface area contributed by atoms with Crippen LogP contribution < -0.4 is 16.4 Å². The highest BCUT2D eigenvalue weighted by Crippen LogP contribution is 2.30. The first-order valence-corrected chi connectivity index (χ1v) is 16.1. The molecule has 0 aliphatic carbocycles. The van der Waals surface area contributed by atoms with E-state index in [4.69, 9.17) is 10.5 Å². The number of nitrogens with zero attached hydrogens (tertiary/aromatic N) is 2. The Hall–Kier alpha value is -5.94. The number of fused-ring (bicyclic) bond motifs is 1. The first-order chi connectivity index (χ1) is 23.7. The number of likely N-dealkylation sites (N-methyl/N-ethyl adjacent to an activating group) is 1. The van der Waals surface area contributed by atoms with Crippen LogP contribution in [0.5, 0.6) is 0 Å². The number of nitrogens with two attached hydrogens (primary N) is 1. The zero-order chi connectivity index (χ0) is 34.5. The second kappa shape index (κ2) is 14.4. The van der Waals surface area contributed by atoms with Crippen molar-refractivity contribution in [3.05, 3.63) is 120 Å². The number of hydrogen-bond acceptors (Lipinski definition) is 6. The number of carbonyl (C=O) groups is 4. The van der Waals surface area contributed by atoms with Crippen LogP contribution in [0.1, 0.15) is 36.1 Å². The number of benzene rings is 4. The summed E-state index contributed by atoms with van der Waals surface area (Å²) in [6, 6.07) is 32.1. The third-order valence-electron chi connectivity index (χ3n) is 8.63. The summed E-state index contributed by atoms with van der Waals surface area (Å²) in [5.41, 5.74) is 10.4. The van der Waals surface area contributed by atoms with Crippen molar-refractivity contribution in [2.75, 3.05) is 31.3 Å². The van der Waals surface area contributed by atoms with Crippen LogP contribution in [0, 0.1) is 0 Å². The Kier molecular flexibility index (Phi) is 9.72. The molecule has 0 spiro atoms. The molecular formula is C38H38N6O5. The fourth-order valence-electron chi connectivity index (χ4n) is 6.31. The van der Waals surface area contributed by atoms with Gasteiger partial charge in [-0.15, -0.1) is 0 Å². The van der Waals surface area contributed by atoms with E-state index in [2.05, 4.69) is 15.6 Å². The van der Waals surface area contributed by atoms with Gasteiger partial charge in [0.15, 0.2) is 0 Å². The maximum absolute atomic E-state index is 13.7. The Labute approximate surface area is 284 Å². The van der Waals surface area contributed by atoms with Gasteiger partial charge in [0.1, 0.15) is 12.1 Å². The summed E-state index contributed by atoms with van der Waals surface area (Å²) in [7, 11) is 3.75. The standard InChI is InChI=1S/C38H38N6O5/c1-43(2)33(25-10-5-3-6-11-25)37(47)44-21-9-14-32(44)35(45)41-29-19-20-30-27(22-29)23-31(42-30)24-15-17-28(18-16-24)40-36(46)34(49-38(39)48)26-12-7-4-8-13-26/h3-8,10-13,15-20,22-23,32-34,42H,9,14,21H2,1-2H3,(H2,39,48)(H,40,46)(H,41,45)/t32-,33-,34+/m1/s1. The molecule has 0 bridgehead atoms. The summed E-state index contributed by atoms with van der Waals surface area (Å²) in [6.07, 6.45) is -0.877. The molecule has 5 aromatic rings. The quantitative estimate of drug-likeness (QED) is 0.148. The monoisotopic (exact) mass is 658 g/mol. The molecule has 1 aliphatic heterocycles. The van der Waals surface area contributed by atoms with E-state index in [1.165, 1.54) is 0 Å². The van der Waals surface area contributed by atoms with Gasteiger partial charge in [-0.25, -0.2) is 4.79 Å². The van der Waals surface area contributed by atoms with Gasteiger partial charge in [0.25, 0.3) is 5.91 Å². The molecule has 5 N–H and O–H groups in total. The second-order valence-electron chi connectivity index (χ2n) is 12.2. The topological polar surface area (TPSA) is 150 Å². The molecule has 4 amide bonds. The highest BCUT2D eigenvalue weighted by atomic mass is 16.6. The molecule has 2 heterocycles. The summed E-state index contributed by atoms with van der Waals surface area (Å²) in [6.45, 7) is 0.533. The summed E-state index contributed by atoms with van der Waals surface area (Å²) in [5.74, 6) is -0.822. The normalized spacial score (nSPS) is 15.5. The number of hydrogen-bond donors (Lipinski definition) is 4. The van der Waals surface area contributed by atoms with E-state index in [1.54, 1.807) is 47.4 Å². The number of primary amides is 1. The van der Waals surface area contributed by atoms with E-state index in [9.17, 15) is 19.2 Å². The van der Waals surface area contributed by atoms with Gasteiger partial charge in [-0.1, -0.05) is 72.8 Å². The van der Waals surface area contributed by atoms with Crippen molar-refractivity contribution in [2.24, 2.45) is 5.73 Å².